The molecule has 1 fully saturated rings. The largest absolute Gasteiger partial charge is 0.401 e. The van der Waals surface area contributed by atoms with Gasteiger partial charge in [-0.3, -0.25) is 4.90 Å². The van der Waals surface area contributed by atoms with Gasteiger partial charge in [-0.05, 0) is 19.5 Å². The fraction of sp³-hybridized carbons (Fsp3) is 1.00. The summed E-state index contributed by atoms with van der Waals surface area (Å²) in [6.45, 7) is 5.16. The molecule has 0 aromatic carbocycles. The maximum Gasteiger partial charge on any atom is 0.401 e. The minimum absolute atomic E-state index is 0.0817. The second-order valence-electron chi connectivity index (χ2n) is 4.96. The van der Waals surface area contributed by atoms with E-state index in [-0.39, 0.29) is 12.6 Å². The van der Waals surface area contributed by atoms with E-state index in [9.17, 15) is 13.2 Å². The number of alkyl halides is 3. The molecule has 0 radical (unpaired) electrons. The van der Waals surface area contributed by atoms with E-state index in [1.54, 1.807) is 0 Å². The van der Waals surface area contributed by atoms with Gasteiger partial charge in [0.1, 0.15) is 0 Å². The Morgan fingerprint density at radius 1 is 1.16 bits per heavy atom. The van der Waals surface area contributed by atoms with Crippen LogP contribution in [0.2, 0.25) is 0 Å². The third kappa shape index (κ3) is 7.10. The quantitative estimate of drug-likeness (QED) is 0.715. The third-order valence-corrected chi connectivity index (χ3v) is 3.37. The van der Waals surface area contributed by atoms with Crippen molar-refractivity contribution in [3.8, 4) is 0 Å². The molecule has 7 heteroatoms. The first-order chi connectivity index (χ1) is 8.94. The number of piperazine rings is 1. The van der Waals surface area contributed by atoms with Crippen LogP contribution in [0.25, 0.3) is 0 Å². The van der Waals surface area contributed by atoms with Gasteiger partial charge in [0, 0.05) is 32.2 Å². The molecule has 2 N–H and O–H groups in total. The van der Waals surface area contributed by atoms with E-state index in [1.807, 2.05) is 6.92 Å². The topological polar surface area (TPSA) is 38.7 Å². The molecule has 114 valence electrons. The minimum Gasteiger partial charge on any atom is -0.395 e. The first-order valence-electron chi connectivity index (χ1n) is 6.80. The molecular formula is C12H24F3N3O. The predicted molar refractivity (Wildman–Crippen MR) is 68.1 cm³/mol. The lowest BCUT2D eigenvalue weighted by molar-refractivity contribution is -0.149. The normalized spacial score (nSPS) is 20.7. The number of nitrogens with one attached hydrogen (secondary N) is 1. The van der Waals surface area contributed by atoms with Crippen molar-refractivity contribution < 1.29 is 18.3 Å². The van der Waals surface area contributed by atoms with Crippen LogP contribution in [0.4, 0.5) is 13.2 Å². The van der Waals surface area contributed by atoms with Crippen LogP contribution in [0.3, 0.4) is 0 Å². The number of nitrogens with zero attached hydrogens (tertiary/aromatic N) is 2. The molecule has 0 aromatic heterocycles. The number of halogens is 3. The van der Waals surface area contributed by atoms with Gasteiger partial charge in [0.25, 0.3) is 0 Å². The zero-order chi connectivity index (χ0) is 14.3. The van der Waals surface area contributed by atoms with Crippen molar-refractivity contribution in [3.63, 3.8) is 0 Å². The zero-order valence-corrected chi connectivity index (χ0v) is 11.4. The number of rotatable bonds is 7. The summed E-state index contributed by atoms with van der Waals surface area (Å²) in [6.07, 6.45) is -3.28. The maximum absolute atomic E-state index is 12.2. The Kier molecular flexibility index (Phi) is 7.06. The molecule has 0 bridgehead atoms. The highest BCUT2D eigenvalue weighted by Gasteiger charge is 2.32. The Labute approximate surface area is 112 Å². The Bertz CT molecular complexity index is 243. The second kappa shape index (κ2) is 8.04. The SMILES string of the molecule is CCNC(CO)CCN1CCN(CC(F)(F)F)CC1. The molecule has 4 nitrogen and oxygen atoms in total. The van der Waals surface area contributed by atoms with Gasteiger partial charge in [0.05, 0.1) is 13.2 Å². The van der Waals surface area contributed by atoms with Crippen LogP contribution < -0.4 is 5.32 Å². The fourth-order valence-corrected chi connectivity index (χ4v) is 2.31. The average Bonchev–Trinajstić information content (AvgIpc) is 2.34. The van der Waals surface area contributed by atoms with E-state index in [1.165, 1.54) is 4.90 Å². The first kappa shape index (κ1) is 16.7. The highest BCUT2D eigenvalue weighted by Crippen LogP contribution is 2.17. The van der Waals surface area contributed by atoms with E-state index in [4.69, 9.17) is 5.11 Å². The number of aliphatic hydroxyl groups excluding tert-OH is 1. The van der Waals surface area contributed by atoms with Gasteiger partial charge in [-0.15, -0.1) is 0 Å². The Balaban J connectivity index is 2.19. The van der Waals surface area contributed by atoms with Gasteiger partial charge in [0.15, 0.2) is 0 Å². The van der Waals surface area contributed by atoms with E-state index in [0.717, 1.165) is 19.5 Å². The molecule has 1 atom stereocenters. The van der Waals surface area contributed by atoms with Crippen molar-refractivity contribution in [2.75, 3.05) is 52.4 Å². The van der Waals surface area contributed by atoms with Gasteiger partial charge in [-0.1, -0.05) is 6.92 Å². The lowest BCUT2D eigenvalue weighted by Crippen LogP contribution is -2.50. The van der Waals surface area contributed by atoms with Crippen LogP contribution >= 0.6 is 0 Å². The standard InChI is InChI=1S/C12H24F3N3O/c1-2-16-11(9-19)3-4-17-5-7-18(8-6-17)10-12(13,14)15/h11,16,19H,2-10H2,1H3. The van der Waals surface area contributed by atoms with Crippen molar-refractivity contribution in [1.29, 1.82) is 0 Å². The third-order valence-electron chi connectivity index (χ3n) is 3.37. The minimum atomic E-state index is -4.10. The van der Waals surface area contributed by atoms with Gasteiger partial charge >= 0.3 is 6.18 Å². The summed E-state index contributed by atoms with van der Waals surface area (Å²) in [5.74, 6) is 0. The lowest BCUT2D eigenvalue weighted by Gasteiger charge is -2.35. The summed E-state index contributed by atoms with van der Waals surface area (Å²) in [5.41, 5.74) is 0. The summed E-state index contributed by atoms with van der Waals surface area (Å²) in [4.78, 5) is 3.61. The van der Waals surface area contributed by atoms with Crippen LogP contribution in [-0.2, 0) is 0 Å². The summed E-state index contributed by atoms with van der Waals surface area (Å²) >= 11 is 0. The Morgan fingerprint density at radius 3 is 2.21 bits per heavy atom. The average molecular weight is 283 g/mol. The van der Waals surface area contributed by atoms with E-state index >= 15 is 0 Å². The fourth-order valence-electron chi connectivity index (χ4n) is 2.31. The summed E-state index contributed by atoms with van der Waals surface area (Å²) in [6, 6.07) is 0.0817. The van der Waals surface area contributed by atoms with Crippen LogP contribution in [-0.4, -0.2) is 79.5 Å². The highest BCUT2D eigenvalue weighted by molar-refractivity contribution is 4.75. The van der Waals surface area contributed by atoms with E-state index in [2.05, 4.69) is 10.2 Å². The van der Waals surface area contributed by atoms with E-state index < -0.39 is 12.7 Å². The number of likely N-dealkylation sites (N-methyl/N-ethyl adjacent to an activating group) is 1. The van der Waals surface area contributed by atoms with Gasteiger partial charge in [-0.2, -0.15) is 13.2 Å². The summed E-state index contributed by atoms with van der Waals surface area (Å²) in [7, 11) is 0. The van der Waals surface area contributed by atoms with Crippen molar-refractivity contribution in [2.24, 2.45) is 0 Å². The van der Waals surface area contributed by atoms with Crippen LogP contribution in [0.15, 0.2) is 0 Å². The highest BCUT2D eigenvalue weighted by atomic mass is 19.4. The van der Waals surface area contributed by atoms with Gasteiger partial charge in [0.2, 0.25) is 0 Å². The predicted octanol–water partition coefficient (Wildman–Crippen LogP) is 0.527. The van der Waals surface area contributed by atoms with E-state index in [0.29, 0.717) is 26.2 Å². The molecule has 1 heterocycles. The molecule has 1 aliphatic heterocycles. The van der Waals surface area contributed by atoms with Crippen LogP contribution in [0.1, 0.15) is 13.3 Å². The Morgan fingerprint density at radius 2 is 1.74 bits per heavy atom. The zero-order valence-electron chi connectivity index (χ0n) is 11.4. The molecule has 19 heavy (non-hydrogen) atoms. The van der Waals surface area contributed by atoms with Crippen LogP contribution in [0.5, 0.6) is 0 Å². The van der Waals surface area contributed by atoms with Gasteiger partial charge < -0.3 is 15.3 Å². The first-order valence-corrected chi connectivity index (χ1v) is 6.80. The molecule has 0 spiro atoms. The number of aliphatic hydroxyl groups is 1. The molecule has 1 saturated heterocycles. The molecule has 0 aromatic rings. The lowest BCUT2D eigenvalue weighted by atomic mass is 10.2. The van der Waals surface area contributed by atoms with Crippen molar-refractivity contribution >= 4 is 0 Å². The molecule has 1 rings (SSSR count). The number of hydrogen-bond acceptors (Lipinski definition) is 4. The Hall–Kier alpha value is -0.370. The molecule has 1 aliphatic rings. The van der Waals surface area contributed by atoms with Crippen LogP contribution in [0, 0.1) is 0 Å². The molecule has 1 unspecified atom stereocenters. The maximum atomic E-state index is 12.2. The summed E-state index contributed by atoms with van der Waals surface area (Å²) < 4.78 is 36.7. The monoisotopic (exact) mass is 283 g/mol. The smallest absolute Gasteiger partial charge is 0.395 e. The molecular weight excluding hydrogens is 259 g/mol. The van der Waals surface area contributed by atoms with Crippen molar-refractivity contribution in [2.45, 2.75) is 25.6 Å². The van der Waals surface area contributed by atoms with Crippen molar-refractivity contribution in [3.05, 3.63) is 0 Å². The van der Waals surface area contributed by atoms with Gasteiger partial charge in [-0.25, -0.2) is 0 Å². The molecule has 0 aliphatic carbocycles. The van der Waals surface area contributed by atoms with Crippen molar-refractivity contribution in [1.82, 2.24) is 15.1 Å². The molecule has 0 amide bonds. The number of hydrogen-bond donors (Lipinski definition) is 2. The molecule has 0 saturated carbocycles. The second-order valence-corrected chi connectivity index (χ2v) is 4.96. The summed E-state index contributed by atoms with van der Waals surface area (Å²) in [5, 5.41) is 12.3.